The Balaban J connectivity index is 1.94. The van der Waals surface area contributed by atoms with Crippen LogP contribution >= 0.6 is 0 Å². The zero-order valence-electron chi connectivity index (χ0n) is 10.4. The highest BCUT2D eigenvalue weighted by Crippen LogP contribution is 2.24. The highest BCUT2D eigenvalue weighted by atomic mass is 16.6. The van der Waals surface area contributed by atoms with Crippen molar-refractivity contribution in [2.45, 2.75) is 31.1 Å². The summed E-state index contributed by atoms with van der Waals surface area (Å²) in [5.74, 6) is 0. The molecule has 1 saturated heterocycles. The van der Waals surface area contributed by atoms with Gasteiger partial charge in [-0.15, -0.1) is 5.10 Å². The summed E-state index contributed by atoms with van der Waals surface area (Å²) >= 11 is 0. The largest absolute Gasteiger partial charge is 0.381 e. The average molecular weight is 250 g/mol. The summed E-state index contributed by atoms with van der Waals surface area (Å²) in [6, 6.07) is 0.141. The first-order chi connectivity index (χ1) is 8.69. The minimum atomic E-state index is -0.0643. The smallest absolute Gasteiger partial charge is 0.139 e. The lowest BCUT2D eigenvalue weighted by Gasteiger charge is -2.16. The maximum atomic E-state index is 8.22. The molecule has 1 aromatic heterocycles. The Morgan fingerprint density at radius 2 is 2.61 bits per heavy atom. The van der Waals surface area contributed by atoms with Crippen LogP contribution in [0.1, 0.15) is 12.1 Å². The predicted octanol–water partition coefficient (Wildman–Crippen LogP) is -0.241. The molecule has 0 spiro atoms. The van der Waals surface area contributed by atoms with Crippen molar-refractivity contribution in [2.75, 3.05) is 6.73 Å². The molecular formula is C9H15BN6O2. The van der Waals surface area contributed by atoms with Crippen LogP contribution in [0, 0.1) is 0 Å². The molecule has 0 aliphatic carbocycles. The second-order valence-corrected chi connectivity index (χ2v) is 4.37. The quantitative estimate of drug-likeness (QED) is 0.311. The van der Waals surface area contributed by atoms with Crippen molar-refractivity contribution in [1.29, 1.82) is 0 Å². The first-order valence-electron chi connectivity index (χ1n) is 5.82. The molecule has 3 unspecified atom stereocenters. The minimum Gasteiger partial charge on any atom is -0.381 e. The Labute approximate surface area is 105 Å². The van der Waals surface area contributed by atoms with Gasteiger partial charge in [-0.3, -0.25) is 4.68 Å². The van der Waals surface area contributed by atoms with Gasteiger partial charge in [0.1, 0.15) is 14.6 Å². The molecule has 1 fully saturated rings. The standard InChI is InChI=1S/C9H15BN6O2/c1-16-4-6(13-15-16)2-8-7(3-9(10)18-8)17-5-12-14-11/h4,7-9H,2-3,5,10H2,1H3. The van der Waals surface area contributed by atoms with Gasteiger partial charge in [-0.05, 0) is 12.0 Å². The van der Waals surface area contributed by atoms with Gasteiger partial charge in [-0.2, -0.15) is 0 Å². The van der Waals surface area contributed by atoms with Crippen molar-refractivity contribution < 1.29 is 9.47 Å². The Morgan fingerprint density at radius 3 is 3.28 bits per heavy atom. The third-order valence-electron chi connectivity index (χ3n) is 2.86. The monoisotopic (exact) mass is 250 g/mol. The van der Waals surface area contributed by atoms with E-state index in [0.29, 0.717) is 6.42 Å². The molecule has 0 N–H and O–H groups in total. The number of hydrogen-bond donors (Lipinski definition) is 0. The molecule has 0 aromatic carbocycles. The van der Waals surface area contributed by atoms with E-state index in [0.717, 1.165) is 12.1 Å². The third-order valence-corrected chi connectivity index (χ3v) is 2.86. The molecule has 9 heteroatoms. The molecule has 1 aliphatic heterocycles. The zero-order valence-corrected chi connectivity index (χ0v) is 10.4. The van der Waals surface area contributed by atoms with Gasteiger partial charge in [-0.1, -0.05) is 10.3 Å². The van der Waals surface area contributed by atoms with Crippen molar-refractivity contribution in [3.8, 4) is 0 Å². The molecule has 0 saturated carbocycles. The first kappa shape index (κ1) is 12.9. The Hall–Kier alpha value is -1.57. The Kier molecular flexibility index (Phi) is 4.19. The van der Waals surface area contributed by atoms with Crippen molar-refractivity contribution in [1.82, 2.24) is 15.0 Å². The molecular weight excluding hydrogens is 235 g/mol. The number of azide groups is 1. The van der Waals surface area contributed by atoms with Crippen LogP contribution in [-0.4, -0.2) is 47.8 Å². The maximum Gasteiger partial charge on any atom is 0.139 e. The van der Waals surface area contributed by atoms with E-state index in [-0.39, 0.29) is 24.9 Å². The summed E-state index contributed by atoms with van der Waals surface area (Å²) in [6.45, 7) is 0.0359. The second-order valence-electron chi connectivity index (χ2n) is 4.37. The van der Waals surface area contributed by atoms with Crippen LogP contribution < -0.4 is 0 Å². The van der Waals surface area contributed by atoms with Crippen LogP contribution in [0.25, 0.3) is 10.4 Å². The number of ether oxygens (including phenoxy) is 2. The van der Waals surface area contributed by atoms with E-state index >= 15 is 0 Å². The van der Waals surface area contributed by atoms with Gasteiger partial charge in [0.15, 0.2) is 0 Å². The van der Waals surface area contributed by atoms with E-state index in [4.69, 9.17) is 15.0 Å². The van der Waals surface area contributed by atoms with Crippen molar-refractivity contribution in [3.63, 3.8) is 0 Å². The number of hydrogen-bond acceptors (Lipinski definition) is 5. The van der Waals surface area contributed by atoms with Gasteiger partial charge in [0.05, 0.1) is 17.9 Å². The van der Waals surface area contributed by atoms with Crippen LogP contribution in [0.3, 0.4) is 0 Å². The van der Waals surface area contributed by atoms with E-state index in [2.05, 4.69) is 20.3 Å². The SMILES string of the molecule is BC1CC(OCN=[N+]=[N-])C(Cc2cn(C)nn2)O1. The van der Waals surface area contributed by atoms with E-state index in [1.165, 1.54) is 0 Å². The summed E-state index contributed by atoms with van der Waals surface area (Å²) in [5.41, 5.74) is 9.09. The Bertz CT molecular complexity index is 446. The van der Waals surface area contributed by atoms with Crippen LogP contribution in [0.5, 0.6) is 0 Å². The van der Waals surface area contributed by atoms with Gasteiger partial charge < -0.3 is 9.47 Å². The van der Waals surface area contributed by atoms with Crippen LogP contribution in [-0.2, 0) is 22.9 Å². The normalized spacial score (nSPS) is 27.1. The number of nitrogens with zero attached hydrogens (tertiary/aromatic N) is 6. The van der Waals surface area contributed by atoms with Gasteiger partial charge in [0, 0.05) is 30.6 Å². The molecule has 96 valence electrons. The molecule has 3 atom stereocenters. The lowest BCUT2D eigenvalue weighted by molar-refractivity contribution is -0.0103. The fourth-order valence-electron chi connectivity index (χ4n) is 2.13. The number of aryl methyl sites for hydroxylation is 1. The fourth-order valence-corrected chi connectivity index (χ4v) is 2.13. The van der Waals surface area contributed by atoms with Crippen molar-refractivity contribution in [2.24, 2.45) is 12.2 Å². The highest BCUT2D eigenvalue weighted by molar-refractivity contribution is 6.11. The van der Waals surface area contributed by atoms with E-state index in [9.17, 15) is 0 Å². The van der Waals surface area contributed by atoms with Gasteiger partial charge >= 0.3 is 0 Å². The van der Waals surface area contributed by atoms with Crippen molar-refractivity contribution in [3.05, 3.63) is 22.3 Å². The van der Waals surface area contributed by atoms with Gasteiger partial charge in [0.25, 0.3) is 0 Å². The minimum absolute atomic E-state index is 0.0359. The average Bonchev–Trinajstić information content (AvgIpc) is 2.87. The fraction of sp³-hybridized carbons (Fsp3) is 0.778. The van der Waals surface area contributed by atoms with Crippen molar-refractivity contribution >= 4 is 7.85 Å². The number of aromatic nitrogens is 3. The first-order valence-corrected chi connectivity index (χ1v) is 5.82. The van der Waals surface area contributed by atoms with Crippen LogP contribution in [0.4, 0.5) is 0 Å². The van der Waals surface area contributed by atoms with Gasteiger partial charge in [0.2, 0.25) is 0 Å². The molecule has 1 aromatic rings. The lowest BCUT2D eigenvalue weighted by Crippen LogP contribution is -2.27. The van der Waals surface area contributed by atoms with Crippen LogP contribution in [0.15, 0.2) is 11.3 Å². The van der Waals surface area contributed by atoms with Gasteiger partial charge in [-0.25, -0.2) is 0 Å². The molecule has 2 heterocycles. The molecule has 2 rings (SSSR count). The molecule has 0 bridgehead atoms. The summed E-state index contributed by atoms with van der Waals surface area (Å²) in [6.07, 6.45) is 3.18. The highest BCUT2D eigenvalue weighted by Gasteiger charge is 2.34. The molecule has 0 radical (unpaired) electrons. The van der Waals surface area contributed by atoms with E-state index < -0.39 is 0 Å². The summed E-state index contributed by atoms with van der Waals surface area (Å²) in [5, 5.41) is 11.3. The molecule has 8 nitrogen and oxygen atoms in total. The summed E-state index contributed by atoms with van der Waals surface area (Å²) < 4.78 is 12.9. The lowest BCUT2D eigenvalue weighted by atomic mass is 9.95. The predicted molar refractivity (Wildman–Crippen MR) is 65.4 cm³/mol. The number of rotatable bonds is 5. The Morgan fingerprint density at radius 1 is 1.78 bits per heavy atom. The molecule has 18 heavy (non-hydrogen) atoms. The maximum absolute atomic E-state index is 8.22. The van der Waals surface area contributed by atoms with E-state index in [1.54, 1.807) is 4.68 Å². The molecule has 1 aliphatic rings. The zero-order chi connectivity index (χ0) is 13.0. The third kappa shape index (κ3) is 3.22. The van der Waals surface area contributed by atoms with E-state index in [1.807, 2.05) is 21.1 Å². The second kappa shape index (κ2) is 5.86. The summed E-state index contributed by atoms with van der Waals surface area (Å²) in [4.78, 5) is 2.66. The molecule has 0 amide bonds. The topological polar surface area (TPSA) is 97.9 Å². The van der Waals surface area contributed by atoms with Crippen LogP contribution in [0.2, 0.25) is 0 Å². The summed E-state index contributed by atoms with van der Waals surface area (Å²) in [7, 11) is 3.82.